The zero-order valence-corrected chi connectivity index (χ0v) is 9.50. The van der Waals surface area contributed by atoms with Crippen molar-refractivity contribution < 1.29 is 0 Å². The predicted molar refractivity (Wildman–Crippen MR) is 59.9 cm³/mol. The van der Waals surface area contributed by atoms with Crippen LogP contribution in [0.25, 0.3) is 0 Å². The van der Waals surface area contributed by atoms with Crippen molar-refractivity contribution in [3.63, 3.8) is 0 Å². The lowest BCUT2D eigenvalue weighted by atomic mass is 10.3. The Bertz CT molecular complexity index is 116. The van der Waals surface area contributed by atoms with E-state index >= 15 is 0 Å². The van der Waals surface area contributed by atoms with Crippen LogP contribution in [-0.2, 0) is 0 Å². The van der Waals surface area contributed by atoms with Crippen LogP contribution in [0.15, 0.2) is 12.2 Å². The molecule has 1 N–H and O–H groups in total. The second kappa shape index (κ2) is 6.55. The fourth-order valence-corrected chi connectivity index (χ4v) is 1.36. The molecule has 0 aromatic rings. The molecule has 0 aliphatic rings. The van der Waals surface area contributed by atoms with Crippen molar-refractivity contribution >= 4 is 11.8 Å². The van der Waals surface area contributed by atoms with E-state index in [2.05, 4.69) is 39.6 Å². The van der Waals surface area contributed by atoms with Crippen LogP contribution in [-0.4, -0.2) is 23.6 Å². The fraction of sp³-hybridized carbons (Fsp3) is 0.800. The second-order valence-corrected chi connectivity index (χ2v) is 5.21. The SMILES string of the molecule is C=C(CNC(C)C)CSC(C)C. The van der Waals surface area contributed by atoms with Crippen LogP contribution in [0.2, 0.25) is 0 Å². The molecule has 0 bridgehead atoms. The molecular formula is C10H21NS. The van der Waals surface area contributed by atoms with E-state index in [9.17, 15) is 0 Å². The summed E-state index contributed by atoms with van der Waals surface area (Å²) in [5, 5.41) is 4.07. The van der Waals surface area contributed by atoms with E-state index < -0.39 is 0 Å². The van der Waals surface area contributed by atoms with E-state index in [1.165, 1.54) is 5.57 Å². The van der Waals surface area contributed by atoms with Crippen LogP contribution in [0.5, 0.6) is 0 Å². The Morgan fingerprint density at radius 3 is 2.33 bits per heavy atom. The maximum absolute atomic E-state index is 4.02. The zero-order valence-electron chi connectivity index (χ0n) is 8.68. The Kier molecular flexibility index (Phi) is 6.58. The molecule has 0 aromatic carbocycles. The monoisotopic (exact) mass is 187 g/mol. The van der Waals surface area contributed by atoms with Crippen molar-refractivity contribution in [2.45, 2.75) is 39.0 Å². The molecule has 0 unspecified atom stereocenters. The van der Waals surface area contributed by atoms with Crippen LogP contribution in [0, 0.1) is 0 Å². The Morgan fingerprint density at radius 2 is 1.92 bits per heavy atom. The van der Waals surface area contributed by atoms with Gasteiger partial charge in [0.2, 0.25) is 0 Å². The van der Waals surface area contributed by atoms with Gasteiger partial charge < -0.3 is 5.32 Å². The molecule has 1 nitrogen and oxygen atoms in total. The summed E-state index contributed by atoms with van der Waals surface area (Å²) < 4.78 is 0. The summed E-state index contributed by atoms with van der Waals surface area (Å²) in [5.41, 5.74) is 1.29. The highest BCUT2D eigenvalue weighted by atomic mass is 32.2. The standard InChI is InChI=1S/C10H21NS/c1-8(2)11-6-10(5)7-12-9(3)4/h8-9,11H,5-7H2,1-4H3. The van der Waals surface area contributed by atoms with E-state index in [0.717, 1.165) is 12.3 Å². The first-order valence-corrected chi connectivity index (χ1v) is 5.59. The lowest BCUT2D eigenvalue weighted by Crippen LogP contribution is -2.25. The van der Waals surface area contributed by atoms with Crippen molar-refractivity contribution in [1.82, 2.24) is 5.32 Å². The minimum Gasteiger partial charge on any atom is -0.311 e. The average molecular weight is 187 g/mol. The van der Waals surface area contributed by atoms with Crippen LogP contribution >= 0.6 is 11.8 Å². The minimum absolute atomic E-state index is 0.561. The zero-order chi connectivity index (χ0) is 9.56. The van der Waals surface area contributed by atoms with E-state index in [4.69, 9.17) is 0 Å². The smallest absolute Gasteiger partial charge is 0.0172 e. The first-order chi connectivity index (χ1) is 5.52. The molecule has 0 aromatic heterocycles. The lowest BCUT2D eigenvalue weighted by Gasteiger charge is -2.11. The van der Waals surface area contributed by atoms with Crippen molar-refractivity contribution in [3.05, 3.63) is 12.2 Å². The third-order valence-electron chi connectivity index (χ3n) is 1.38. The Morgan fingerprint density at radius 1 is 1.33 bits per heavy atom. The van der Waals surface area contributed by atoms with E-state index in [-0.39, 0.29) is 0 Å². The van der Waals surface area contributed by atoms with Gasteiger partial charge in [0.1, 0.15) is 0 Å². The summed E-state index contributed by atoms with van der Waals surface area (Å²) in [4.78, 5) is 0. The van der Waals surface area contributed by atoms with Gasteiger partial charge in [0.25, 0.3) is 0 Å². The molecule has 0 spiro atoms. The maximum Gasteiger partial charge on any atom is 0.0172 e. The molecule has 0 fully saturated rings. The van der Waals surface area contributed by atoms with Gasteiger partial charge in [0.05, 0.1) is 0 Å². The molecule has 0 aliphatic carbocycles. The quantitative estimate of drug-likeness (QED) is 0.642. The molecule has 72 valence electrons. The van der Waals surface area contributed by atoms with Crippen LogP contribution in [0.1, 0.15) is 27.7 Å². The number of nitrogens with one attached hydrogen (secondary N) is 1. The Hall–Kier alpha value is 0.0500. The summed E-state index contributed by atoms with van der Waals surface area (Å²) in [6.45, 7) is 13.7. The Balaban J connectivity index is 3.34. The molecule has 0 rings (SSSR count). The minimum atomic E-state index is 0.561. The molecule has 2 heteroatoms. The first-order valence-electron chi connectivity index (χ1n) is 4.54. The summed E-state index contributed by atoms with van der Waals surface area (Å²) in [7, 11) is 0. The van der Waals surface area contributed by atoms with Gasteiger partial charge in [0.15, 0.2) is 0 Å². The largest absolute Gasteiger partial charge is 0.311 e. The third-order valence-corrected chi connectivity index (χ3v) is 2.62. The molecule has 0 saturated heterocycles. The van der Waals surface area contributed by atoms with Gasteiger partial charge in [-0.2, -0.15) is 11.8 Å². The summed E-state index contributed by atoms with van der Waals surface area (Å²) in [6, 6.07) is 0.561. The highest BCUT2D eigenvalue weighted by Gasteiger charge is 1.98. The summed E-state index contributed by atoms with van der Waals surface area (Å²) >= 11 is 1.95. The molecule has 0 saturated carbocycles. The Labute approximate surface area is 81.0 Å². The van der Waals surface area contributed by atoms with E-state index in [0.29, 0.717) is 11.3 Å². The van der Waals surface area contributed by atoms with Gasteiger partial charge in [-0.05, 0) is 5.25 Å². The predicted octanol–water partition coefficient (Wildman–Crippen LogP) is 2.68. The average Bonchev–Trinajstić information content (AvgIpc) is 1.96. The highest BCUT2D eigenvalue weighted by Crippen LogP contribution is 2.12. The van der Waals surface area contributed by atoms with Crippen molar-refractivity contribution in [3.8, 4) is 0 Å². The van der Waals surface area contributed by atoms with Gasteiger partial charge in [-0.3, -0.25) is 0 Å². The van der Waals surface area contributed by atoms with Gasteiger partial charge in [-0.15, -0.1) is 0 Å². The van der Waals surface area contributed by atoms with E-state index in [1.807, 2.05) is 11.8 Å². The molecule has 0 heterocycles. The molecular weight excluding hydrogens is 166 g/mol. The first kappa shape index (κ1) is 12.0. The summed E-state index contributed by atoms with van der Waals surface area (Å²) in [5.74, 6) is 1.08. The number of rotatable bonds is 6. The molecule has 0 aliphatic heterocycles. The number of hydrogen-bond acceptors (Lipinski definition) is 2. The lowest BCUT2D eigenvalue weighted by molar-refractivity contribution is 0.623. The molecule has 0 radical (unpaired) electrons. The van der Waals surface area contributed by atoms with Crippen LogP contribution in [0.3, 0.4) is 0 Å². The number of hydrogen-bond donors (Lipinski definition) is 1. The molecule has 12 heavy (non-hydrogen) atoms. The molecule has 0 atom stereocenters. The highest BCUT2D eigenvalue weighted by molar-refractivity contribution is 8.00. The second-order valence-electron chi connectivity index (χ2n) is 3.65. The topological polar surface area (TPSA) is 12.0 Å². The summed E-state index contributed by atoms with van der Waals surface area (Å²) in [6.07, 6.45) is 0. The normalized spacial score (nSPS) is 11.2. The van der Waals surface area contributed by atoms with Gasteiger partial charge in [0, 0.05) is 18.3 Å². The maximum atomic E-state index is 4.02. The number of thioether (sulfide) groups is 1. The van der Waals surface area contributed by atoms with Gasteiger partial charge in [-0.25, -0.2) is 0 Å². The van der Waals surface area contributed by atoms with Gasteiger partial charge in [-0.1, -0.05) is 39.8 Å². The van der Waals surface area contributed by atoms with Crippen molar-refractivity contribution in [2.75, 3.05) is 12.3 Å². The van der Waals surface area contributed by atoms with E-state index in [1.54, 1.807) is 0 Å². The van der Waals surface area contributed by atoms with Crippen molar-refractivity contribution in [1.29, 1.82) is 0 Å². The van der Waals surface area contributed by atoms with Crippen LogP contribution in [0.4, 0.5) is 0 Å². The fourth-order valence-electron chi connectivity index (χ4n) is 0.684. The molecule has 0 amide bonds. The third kappa shape index (κ3) is 8.15. The van der Waals surface area contributed by atoms with Crippen molar-refractivity contribution in [2.24, 2.45) is 0 Å². The van der Waals surface area contributed by atoms with Gasteiger partial charge >= 0.3 is 0 Å². The van der Waals surface area contributed by atoms with Crippen LogP contribution < -0.4 is 5.32 Å².